The smallest absolute Gasteiger partial charge is 0.124 e. The monoisotopic (exact) mass is 250 g/mol. The van der Waals surface area contributed by atoms with Gasteiger partial charge in [-0.2, -0.15) is 0 Å². The number of likely N-dealkylation sites (tertiary alicyclic amines) is 1. The number of hydrogen-bond donors (Lipinski definition) is 3. The molecule has 1 aromatic carbocycles. The van der Waals surface area contributed by atoms with Gasteiger partial charge in [0.1, 0.15) is 11.5 Å². The third-order valence-corrected chi connectivity index (χ3v) is 3.82. The summed E-state index contributed by atoms with van der Waals surface area (Å²) in [5.74, 6) is 0.296. The van der Waals surface area contributed by atoms with Crippen molar-refractivity contribution in [1.82, 2.24) is 10.2 Å². The predicted octanol–water partition coefficient (Wildman–Crippen LogP) is 1.84. The van der Waals surface area contributed by atoms with E-state index in [2.05, 4.69) is 17.3 Å². The van der Waals surface area contributed by atoms with E-state index < -0.39 is 0 Å². The maximum Gasteiger partial charge on any atom is 0.124 e. The molecule has 0 aliphatic carbocycles. The summed E-state index contributed by atoms with van der Waals surface area (Å²) >= 11 is 0. The van der Waals surface area contributed by atoms with Crippen LogP contribution < -0.4 is 5.32 Å². The topological polar surface area (TPSA) is 55.7 Å². The van der Waals surface area contributed by atoms with Crippen molar-refractivity contribution >= 4 is 0 Å². The number of rotatable bonds is 4. The highest BCUT2D eigenvalue weighted by atomic mass is 16.3. The molecule has 0 bridgehead atoms. The Hall–Kier alpha value is -1.26. The Balaban J connectivity index is 1.97. The Bertz CT molecular complexity index is 389. The molecule has 4 nitrogen and oxygen atoms in total. The van der Waals surface area contributed by atoms with E-state index >= 15 is 0 Å². The molecule has 0 amide bonds. The van der Waals surface area contributed by atoms with Crippen LogP contribution in [-0.4, -0.2) is 41.3 Å². The molecular weight excluding hydrogens is 228 g/mol. The van der Waals surface area contributed by atoms with Crippen LogP contribution in [0.4, 0.5) is 0 Å². The third-order valence-electron chi connectivity index (χ3n) is 3.82. The maximum absolute atomic E-state index is 9.80. The van der Waals surface area contributed by atoms with E-state index in [9.17, 15) is 10.2 Å². The first kappa shape index (κ1) is 13.2. The molecule has 0 saturated carbocycles. The lowest BCUT2D eigenvalue weighted by Gasteiger charge is -2.23. The van der Waals surface area contributed by atoms with E-state index in [4.69, 9.17) is 0 Å². The molecule has 4 heteroatoms. The van der Waals surface area contributed by atoms with Crippen molar-refractivity contribution in [3.63, 3.8) is 0 Å². The molecule has 1 aliphatic heterocycles. The molecule has 3 N–H and O–H groups in total. The first-order valence-electron chi connectivity index (χ1n) is 6.54. The summed E-state index contributed by atoms with van der Waals surface area (Å²) in [6.45, 7) is 4.00. The van der Waals surface area contributed by atoms with Crippen LogP contribution in [0.25, 0.3) is 0 Å². The number of nitrogens with one attached hydrogen (secondary N) is 1. The van der Waals surface area contributed by atoms with Gasteiger partial charge < -0.3 is 20.4 Å². The minimum absolute atomic E-state index is 0.0554. The van der Waals surface area contributed by atoms with Crippen molar-refractivity contribution in [2.24, 2.45) is 0 Å². The van der Waals surface area contributed by atoms with Gasteiger partial charge in [0.25, 0.3) is 0 Å². The van der Waals surface area contributed by atoms with Crippen LogP contribution in [0.2, 0.25) is 0 Å². The summed E-state index contributed by atoms with van der Waals surface area (Å²) in [5, 5.41) is 23.0. The first-order chi connectivity index (χ1) is 8.59. The second-order valence-corrected chi connectivity index (χ2v) is 5.12. The second kappa shape index (κ2) is 5.59. The molecule has 1 aliphatic rings. The minimum Gasteiger partial charge on any atom is -0.507 e. The van der Waals surface area contributed by atoms with Crippen molar-refractivity contribution in [2.75, 3.05) is 20.1 Å². The van der Waals surface area contributed by atoms with Gasteiger partial charge in [0.2, 0.25) is 0 Å². The van der Waals surface area contributed by atoms with Crippen LogP contribution in [0.15, 0.2) is 18.2 Å². The normalized spacial score (nSPS) is 22.2. The first-order valence-corrected chi connectivity index (χ1v) is 6.54. The van der Waals surface area contributed by atoms with E-state index in [0.29, 0.717) is 11.6 Å². The Morgan fingerprint density at radius 2 is 2.06 bits per heavy atom. The molecule has 2 unspecified atom stereocenters. The van der Waals surface area contributed by atoms with E-state index in [-0.39, 0.29) is 17.5 Å². The van der Waals surface area contributed by atoms with Gasteiger partial charge in [-0.15, -0.1) is 0 Å². The summed E-state index contributed by atoms with van der Waals surface area (Å²) in [6.07, 6.45) is 2.46. The molecule has 0 aromatic heterocycles. The number of benzene rings is 1. The minimum atomic E-state index is -0.0554. The maximum atomic E-state index is 9.80. The fraction of sp³-hybridized carbons (Fsp3) is 0.571. The van der Waals surface area contributed by atoms with Crippen molar-refractivity contribution in [2.45, 2.75) is 31.8 Å². The summed E-state index contributed by atoms with van der Waals surface area (Å²) in [7, 11) is 2.14. The zero-order valence-corrected chi connectivity index (χ0v) is 11.1. The zero-order chi connectivity index (χ0) is 13.1. The third kappa shape index (κ3) is 2.76. The van der Waals surface area contributed by atoms with Crippen LogP contribution in [0, 0.1) is 0 Å². The number of aromatic hydroxyl groups is 2. The van der Waals surface area contributed by atoms with Crippen LogP contribution >= 0.6 is 0 Å². The second-order valence-electron chi connectivity index (χ2n) is 5.12. The summed E-state index contributed by atoms with van der Waals surface area (Å²) in [6, 6.07) is 5.36. The Morgan fingerprint density at radius 1 is 1.39 bits per heavy atom. The van der Waals surface area contributed by atoms with Crippen LogP contribution in [0.1, 0.15) is 31.4 Å². The fourth-order valence-electron chi connectivity index (χ4n) is 2.64. The van der Waals surface area contributed by atoms with Crippen molar-refractivity contribution < 1.29 is 10.2 Å². The van der Waals surface area contributed by atoms with Gasteiger partial charge in [-0.25, -0.2) is 0 Å². The highest BCUT2D eigenvalue weighted by molar-refractivity contribution is 5.44. The molecule has 1 fully saturated rings. The molecule has 2 rings (SSSR count). The van der Waals surface area contributed by atoms with Crippen LogP contribution in [0.5, 0.6) is 11.5 Å². The van der Waals surface area contributed by atoms with Gasteiger partial charge in [0.15, 0.2) is 0 Å². The van der Waals surface area contributed by atoms with Gasteiger partial charge in [-0.05, 0) is 45.5 Å². The van der Waals surface area contributed by atoms with Crippen molar-refractivity contribution in [3.8, 4) is 11.5 Å². The van der Waals surface area contributed by atoms with Gasteiger partial charge in [0.05, 0.1) is 5.56 Å². The quantitative estimate of drug-likeness (QED) is 0.763. The van der Waals surface area contributed by atoms with Crippen molar-refractivity contribution in [3.05, 3.63) is 23.8 Å². The largest absolute Gasteiger partial charge is 0.507 e. The molecular formula is C14H22N2O2. The molecule has 18 heavy (non-hydrogen) atoms. The number of phenolic OH excluding ortho intramolecular Hbond substituents is 2. The van der Waals surface area contributed by atoms with Gasteiger partial charge in [-0.1, -0.05) is 6.07 Å². The summed E-state index contributed by atoms with van der Waals surface area (Å²) in [5.41, 5.74) is 0.582. The average molecular weight is 250 g/mol. The van der Waals surface area contributed by atoms with E-state index in [1.807, 2.05) is 6.92 Å². The van der Waals surface area contributed by atoms with E-state index in [1.165, 1.54) is 12.8 Å². The molecule has 1 saturated heterocycles. The SMILES string of the molecule is CC(NCC1CCCN1C)c1c(O)cccc1O. The lowest BCUT2D eigenvalue weighted by Crippen LogP contribution is -2.36. The Morgan fingerprint density at radius 3 is 2.61 bits per heavy atom. The molecule has 0 radical (unpaired) electrons. The van der Waals surface area contributed by atoms with Crippen LogP contribution in [0.3, 0.4) is 0 Å². The highest BCUT2D eigenvalue weighted by Gasteiger charge is 2.22. The van der Waals surface area contributed by atoms with Gasteiger partial charge in [0, 0.05) is 18.6 Å². The van der Waals surface area contributed by atoms with Gasteiger partial charge in [-0.3, -0.25) is 0 Å². The highest BCUT2D eigenvalue weighted by Crippen LogP contribution is 2.32. The number of phenols is 2. The molecule has 2 atom stereocenters. The standard InChI is InChI=1S/C14H22N2O2/c1-10(14-12(17)6-3-7-13(14)18)15-9-11-5-4-8-16(11)2/h3,6-7,10-11,15,17-18H,4-5,8-9H2,1-2H3. The van der Waals surface area contributed by atoms with Crippen LogP contribution in [-0.2, 0) is 0 Å². The predicted molar refractivity (Wildman–Crippen MR) is 71.8 cm³/mol. The Kier molecular flexibility index (Phi) is 4.09. The molecule has 0 spiro atoms. The van der Waals surface area contributed by atoms with Gasteiger partial charge >= 0.3 is 0 Å². The fourth-order valence-corrected chi connectivity index (χ4v) is 2.64. The lowest BCUT2D eigenvalue weighted by atomic mass is 10.1. The average Bonchev–Trinajstić information content (AvgIpc) is 2.72. The zero-order valence-electron chi connectivity index (χ0n) is 11.1. The molecule has 1 heterocycles. The van der Waals surface area contributed by atoms with E-state index in [1.54, 1.807) is 18.2 Å². The number of hydrogen-bond acceptors (Lipinski definition) is 4. The number of likely N-dealkylation sites (N-methyl/N-ethyl adjacent to an activating group) is 1. The molecule has 1 aromatic rings. The molecule has 100 valence electrons. The lowest BCUT2D eigenvalue weighted by molar-refractivity contribution is 0.291. The summed E-state index contributed by atoms with van der Waals surface area (Å²) in [4.78, 5) is 2.35. The van der Waals surface area contributed by atoms with E-state index in [0.717, 1.165) is 13.1 Å². The summed E-state index contributed by atoms with van der Waals surface area (Å²) < 4.78 is 0. The number of nitrogens with zero attached hydrogens (tertiary/aromatic N) is 1. The Labute approximate surface area is 108 Å². The van der Waals surface area contributed by atoms with Crippen molar-refractivity contribution in [1.29, 1.82) is 0 Å².